The van der Waals surface area contributed by atoms with E-state index in [1.54, 1.807) is 35.2 Å². The number of nitrogens with zero attached hydrogens (tertiary/aromatic N) is 3. The summed E-state index contributed by atoms with van der Waals surface area (Å²) in [6, 6.07) is 11.5. The van der Waals surface area contributed by atoms with Crippen LogP contribution in [0.5, 0.6) is 11.5 Å². The average Bonchev–Trinajstić information content (AvgIpc) is 3.19. The summed E-state index contributed by atoms with van der Waals surface area (Å²) in [5.41, 5.74) is 1.37. The summed E-state index contributed by atoms with van der Waals surface area (Å²) in [4.78, 5) is 29.4. The normalized spacial score (nSPS) is 13.2. The van der Waals surface area contributed by atoms with E-state index in [0.717, 1.165) is 5.56 Å². The molecule has 0 unspecified atom stereocenters. The van der Waals surface area contributed by atoms with E-state index in [2.05, 4.69) is 4.99 Å². The van der Waals surface area contributed by atoms with Crippen molar-refractivity contribution >= 4 is 28.5 Å². The second-order valence-corrected chi connectivity index (χ2v) is 6.82. The standard InChI is InChI=1S/C19H19N3O5S/c1-26-16-5-3-4-15(17(16)27-2)18(23)21-11-10-20-19(21)28-12-13-6-8-14(9-7-13)22(24)25/h3-9H,10-12H2,1-2H3. The number of hydrogen-bond donors (Lipinski definition) is 0. The molecular formula is C19H19N3O5S. The summed E-state index contributed by atoms with van der Waals surface area (Å²) in [6.45, 7) is 1.02. The van der Waals surface area contributed by atoms with Gasteiger partial charge in [-0.3, -0.25) is 24.8 Å². The third-order valence-electron chi connectivity index (χ3n) is 4.20. The molecule has 1 aliphatic heterocycles. The molecule has 3 rings (SSSR count). The number of methoxy groups -OCH3 is 2. The molecule has 2 aromatic carbocycles. The second-order valence-electron chi connectivity index (χ2n) is 5.87. The van der Waals surface area contributed by atoms with Gasteiger partial charge in [-0.2, -0.15) is 0 Å². The van der Waals surface area contributed by atoms with Crippen LogP contribution in [0, 0.1) is 10.1 Å². The van der Waals surface area contributed by atoms with E-state index in [4.69, 9.17) is 9.47 Å². The summed E-state index contributed by atoms with van der Waals surface area (Å²) < 4.78 is 10.6. The quantitative estimate of drug-likeness (QED) is 0.544. The molecule has 0 fully saturated rings. The molecule has 2 aromatic rings. The maximum Gasteiger partial charge on any atom is 0.269 e. The van der Waals surface area contributed by atoms with Crippen LogP contribution in [-0.4, -0.2) is 48.2 Å². The maximum atomic E-state index is 13.1. The molecule has 0 spiro atoms. The number of hydrogen-bond acceptors (Lipinski definition) is 7. The molecule has 0 radical (unpaired) electrons. The van der Waals surface area contributed by atoms with Gasteiger partial charge in [-0.1, -0.05) is 30.0 Å². The summed E-state index contributed by atoms with van der Waals surface area (Å²) in [5, 5.41) is 11.4. The fourth-order valence-corrected chi connectivity index (χ4v) is 3.80. The van der Waals surface area contributed by atoms with Gasteiger partial charge in [-0.05, 0) is 17.7 Å². The van der Waals surface area contributed by atoms with Gasteiger partial charge in [-0.15, -0.1) is 0 Å². The van der Waals surface area contributed by atoms with E-state index in [1.807, 2.05) is 0 Å². The summed E-state index contributed by atoms with van der Waals surface area (Å²) in [6.07, 6.45) is 0. The number of amides is 1. The number of nitro groups is 1. The van der Waals surface area contributed by atoms with Gasteiger partial charge in [0, 0.05) is 24.4 Å². The van der Waals surface area contributed by atoms with Crippen molar-refractivity contribution in [2.24, 2.45) is 4.99 Å². The molecule has 0 atom stereocenters. The van der Waals surface area contributed by atoms with Crippen molar-refractivity contribution in [1.82, 2.24) is 4.90 Å². The van der Waals surface area contributed by atoms with Gasteiger partial charge >= 0.3 is 0 Å². The van der Waals surface area contributed by atoms with Gasteiger partial charge in [0.25, 0.3) is 11.6 Å². The van der Waals surface area contributed by atoms with Crippen LogP contribution in [0.15, 0.2) is 47.5 Å². The van der Waals surface area contributed by atoms with Crippen LogP contribution in [0.25, 0.3) is 0 Å². The Morgan fingerprint density at radius 1 is 1.21 bits per heavy atom. The first kappa shape index (κ1) is 19.7. The number of carbonyl (C=O) groups is 1. The fraction of sp³-hybridized carbons (Fsp3) is 0.263. The Balaban J connectivity index is 1.72. The van der Waals surface area contributed by atoms with Crippen molar-refractivity contribution in [1.29, 1.82) is 0 Å². The van der Waals surface area contributed by atoms with Crippen molar-refractivity contribution in [3.63, 3.8) is 0 Å². The molecule has 8 nitrogen and oxygen atoms in total. The summed E-state index contributed by atoms with van der Waals surface area (Å²) in [7, 11) is 3.02. The van der Waals surface area contributed by atoms with Crippen molar-refractivity contribution < 1.29 is 19.2 Å². The lowest BCUT2D eigenvalue weighted by molar-refractivity contribution is -0.384. The first-order valence-electron chi connectivity index (χ1n) is 8.48. The molecule has 0 saturated carbocycles. The van der Waals surface area contributed by atoms with Crippen LogP contribution in [0.4, 0.5) is 5.69 Å². The number of non-ortho nitro benzene ring substituents is 1. The van der Waals surface area contributed by atoms with Crippen LogP contribution >= 0.6 is 11.8 Å². The molecular weight excluding hydrogens is 382 g/mol. The molecule has 9 heteroatoms. The number of benzene rings is 2. The van der Waals surface area contributed by atoms with Crippen molar-refractivity contribution in [3.05, 3.63) is 63.7 Å². The Kier molecular flexibility index (Phi) is 6.15. The maximum absolute atomic E-state index is 13.1. The van der Waals surface area contributed by atoms with Crippen LogP contribution in [0.1, 0.15) is 15.9 Å². The Morgan fingerprint density at radius 2 is 1.96 bits per heavy atom. The van der Waals surface area contributed by atoms with E-state index < -0.39 is 4.92 Å². The van der Waals surface area contributed by atoms with E-state index in [-0.39, 0.29) is 11.6 Å². The first-order chi connectivity index (χ1) is 13.5. The van der Waals surface area contributed by atoms with Crippen molar-refractivity contribution in [3.8, 4) is 11.5 Å². The molecule has 146 valence electrons. The lowest BCUT2D eigenvalue weighted by Crippen LogP contribution is -2.33. The Morgan fingerprint density at radius 3 is 2.61 bits per heavy atom. The minimum Gasteiger partial charge on any atom is -0.493 e. The van der Waals surface area contributed by atoms with Crippen LogP contribution in [0.3, 0.4) is 0 Å². The molecule has 0 saturated heterocycles. The number of carbonyl (C=O) groups excluding carboxylic acids is 1. The lowest BCUT2D eigenvalue weighted by atomic mass is 10.1. The Bertz CT molecular complexity index is 914. The number of nitro benzene ring substituents is 1. The fourth-order valence-electron chi connectivity index (χ4n) is 2.80. The van der Waals surface area contributed by atoms with Crippen molar-refractivity contribution in [2.75, 3.05) is 27.3 Å². The SMILES string of the molecule is COc1cccc(C(=O)N2CCN=C2SCc2ccc([N+](=O)[O-])cc2)c1OC. The number of amidine groups is 1. The molecule has 0 bridgehead atoms. The molecule has 28 heavy (non-hydrogen) atoms. The zero-order chi connectivity index (χ0) is 20.1. The molecule has 0 aliphatic carbocycles. The predicted octanol–water partition coefficient (Wildman–Crippen LogP) is 3.36. The minimum atomic E-state index is -0.431. The number of aliphatic imine (C=N–C) groups is 1. The summed E-state index contributed by atoms with van der Waals surface area (Å²) in [5.74, 6) is 1.23. The van der Waals surface area contributed by atoms with E-state index >= 15 is 0 Å². The third kappa shape index (κ3) is 4.09. The van der Waals surface area contributed by atoms with Crippen molar-refractivity contribution in [2.45, 2.75) is 5.75 Å². The second kappa shape index (κ2) is 8.75. The summed E-state index contributed by atoms with van der Waals surface area (Å²) >= 11 is 1.42. The van der Waals surface area contributed by atoms with Gasteiger partial charge < -0.3 is 9.47 Å². The molecule has 1 heterocycles. The van der Waals surface area contributed by atoms with Gasteiger partial charge in [0.05, 0.1) is 31.3 Å². The highest BCUT2D eigenvalue weighted by atomic mass is 32.2. The topological polar surface area (TPSA) is 94.3 Å². The van der Waals surface area contributed by atoms with Gasteiger partial charge in [-0.25, -0.2) is 0 Å². The van der Waals surface area contributed by atoms with Gasteiger partial charge in [0.15, 0.2) is 16.7 Å². The number of ether oxygens (including phenoxy) is 2. The van der Waals surface area contributed by atoms with Crippen LogP contribution < -0.4 is 9.47 Å². The molecule has 0 N–H and O–H groups in total. The van der Waals surface area contributed by atoms with E-state index in [0.29, 0.717) is 41.1 Å². The number of thioether (sulfide) groups is 1. The number of rotatable bonds is 6. The Hall–Kier alpha value is -3.07. The molecule has 0 aromatic heterocycles. The molecule has 1 aliphatic rings. The third-order valence-corrected chi connectivity index (χ3v) is 5.28. The smallest absolute Gasteiger partial charge is 0.269 e. The predicted molar refractivity (Wildman–Crippen MR) is 107 cm³/mol. The highest BCUT2D eigenvalue weighted by Gasteiger charge is 2.28. The highest BCUT2D eigenvalue weighted by molar-refractivity contribution is 8.13. The highest BCUT2D eigenvalue weighted by Crippen LogP contribution is 2.32. The minimum absolute atomic E-state index is 0.0499. The van der Waals surface area contributed by atoms with Crippen LogP contribution in [-0.2, 0) is 5.75 Å². The zero-order valence-electron chi connectivity index (χ0n) is 15.5. The largest absolute Gasteiger partial charge is 0.493 e. The van der Waals surface area contributed by atoms with E-state index in [1.165, 1.54) is 38.1 Å². The molecule has 1 amide bonds. The van der Waals surface area contributed by atoms with Crippen LogP contribution in [0.2, 0.25) is 0 Å². The first-order valence-corrected chi connectivity index (χ1v) is 9.47. The number of para-hydroxylation sites is 1. The van der Waals surface area contributed by atoms with E-state index in [9.17, 15) is 14.9 Å². The van der Waals surface area contributed by atoms with Gasteiger partial charge in [0.1, 0.15) is 0 Å². The van der Waals surface area contributed by atoms with Gasteiger partial charge in [0.2, 0.25) is 0 Å². The monoisotopic (exact) mass is 401 g/mol. The average molecular weight is 401 g/mol. The lowest BCUT2D eigenvalue weighted by Gasteiger charge is -2.20. The Labute approximate surface area is 166 Å². The zero-order valence-corrected chi connectivity index (χ0v) is 16.3.